The molecule has 0 spiro atoms. The fourth-order valence-electron chi connectivity index (χ4n) is 3.79. The summed E-state index contributed by atoms with van der Waals surface area (Å²) < 4.78 is 42.2. The molecule has 2 N–H and O–H groups in total. The number of carbonyl (C=O) groups is 2. The first-order chi connectivity index (χ1) is 17.4. The van der Waals surface area contributed by atoms with Crippen LogP contribution in [-0.4, -0.2) is 73.0 Å². The number of unbranched alkanes of at least 4 members (excludes halogenated alkanes) is 4. The minimum absolute atomic E-state index is 0.246. The molecule has 11 heteroatoms. The first-order valence-corrected chi connectivity index (χ1v) is 17.0. The molecule has 0 unspecified atom stereocenters. The molecule has 37 heavy (non-hydrogen) atoms. The average Bonchev–Trinajstić information content (AvgIpc) is 2.85. The van der Waals surface area contributed by atoms with Crippen molar-refractivity contribution in [3.05, 3.63) is 18.2 Å². The highest BCUT2D eigenvalue weighted by Gasteiger charge is 2.34. The van der Waals surface area contributed by atoms with Crippen molar-refractivity contribution in [3.8, 4) is 11.5 Å². The van der Waals surface area contributed by atoms with Crippen LogP contribution in [0.4, 0.5) is 0 Å². The Morgan fingerprint density at radius 3 is 1.30 bits per heavy atom. The van der Waals surface area contributed by atoms with Crippen LogP contribution in [-0.2, 0) is 19.7 Å². The number of carboxylic acid groups (broad SMARTS) is 2. The Balaban J connectivity index is 0.000000712. The van der Waals surface area contributed by atoms with Gasteiger partial charge in [0.25, 0.3) is 0 Å². The van der Waals surface area contributed by atoms with E-state index >= 15 is 0 Å². The van der Waals surface area contributed by atoms with Gasteiger partial charge in [0, 0.05) is 13.3 Å². The van der Waals surface area contributed by atoms with E-state index in [4.69, 9.17) is 19.7 Å². The summed E-state index contributed by atoms with van der Waals surface area (Å²) >= 11 is 0. The molecule has 0 aliphatic heterocycles. The van der Waals surface area contributed by atoms with Gasteiger partial charge < -0.3 is 24.2 Å². The Hall–Kier alpha value is -1.90. The van der Waals surface area contributed by atoms with Crippen molar-refractivity contribution in [2.24, 2.45) is 0 Å². The monoisotopic (exact) mass is 564 g/mol. The summed E-state index contributed by atoms with van der Waals surface area (Å²) in [6.07, 6.45) is 17.9. The minimum atomic E-state index is -4.83. The highest BCUT2D eigenvalue weighted by atomic mass is 32.2. The summed E-state index contributed by atoms with van der Waals surface area (Å²) in [6.45, 7) is 7.89. The number of rotatable bonds is 19. The zero-order valence-electron chi connectivity index (χ0n) is 22.7. The van der Waals surface area contributed by atoms with Gasteiger partial charge >= 0.3 is 11.9 Å². The lowest BCUT2D eigenvalue weighted by molar-refractivity contribution is -0.140. The molecule has 0 bridgehead atoms. The van der Waals surface area contributed by atoms with E-state index in [0.717, 1.165) is 18.2 Å². The highest BCUT2D eigenvalue weighted by molar-refractivity contribution is 7.85. The van der Waals surface area contributed by atoms with Crippen molar-refractivity contribution < 1.29 is 42.2 Å². The standard InChI is InChI=1S/C16H36P.C10H10O9S/c1-5-9-13-17(14-10-6-2,15-11-7-3)16-12-8-4;11-9(12)4-18-6-1-7(19-5-10(13)14)3-8(2-6)20(15,16)17/h5-16H2,1-4H3;1-3H,4-5H2,(H,11,12)(H,13,14)(H,15,16,17)/q+1;/p-1. The number of ether oxygens (including phenoxy) is 2. The van der Waals surface area contributed by atoms with Gasteiger partial charge in [0.15, 0.2) is 13.2 Å². The maximum absolute atomic E-state index is 10.9. The third-order valence-corrected chi connectivity index (χ3v) is 11.7. The summed E-state index contributed by atoms with van der Waals surface area (Å²) in [5, 5.41) is 16.9. The number of benzene rings is 1. The van der Waals surface area contributed by atoms with E-state index in [1.807, 2.05) is 0 Å². The first kappa shape index (κ1) is 35.1. The summed E-state index contributed by atoms with van der Waals surface area (Å²) in [5.74, 6) is -3.11. The summed E-state index contributed by atoms with van der Waals surface area (Å²) in [5.41, 5.74) is 0. The number of carboxylic acids is 2. The van der Waals surface area contributed by atoms with Crippen molar-refractivity contribution in [1.82, 2.24) is 0 Å². The quantitative estimate of drug-likeness (QED) is 0.159. The smallest absolute Gasteiger partial charge is 0.341 e. The lowest BCUT2D eigenvalue weighted by Crippen LogP contribution is -2.12. The molecule has 0 saturated carbocycles. The van der Waals surface area contributed by atoms with E-state index in [9.17, 15) is 22.6 Å². The van der Waals surface area contributed by atoms with Crippen molar-refractivity contribution in [2.75, 3.05) is 37.9 Å². The predicted octanol–water partition coefficient (Wildman–Crippen LogP) is 5.72. The topological polar surface area (TPSA) is 150 Å². The zero-order valence-corrected chi connectivity index (χ0v) is 24.5. The van der Waals surface area contributed by atoms with Gasteiger partial charge in [-0.15, -0.1) is 0 Å². The molecule has 0 saturated heterocycles. The molecule has 0 fully saturated rings. The molecule has 0 aliphatic carbocycles. The molecule has 0 aromatic heterocycles. The molecule has 1 aromatic carbocycles. The maximum Gasteiger partial charge on any atom is 0.341 e. The molecular weight excluding hydrogens is 519 g/mol. The lowest BCUT2D eigenvalue weighted by atomic mass is 10.3. The van der Waals surface area contributed by atoms with Gasteiger partial charge in [-0.3, -0.25) is 0 Å². The van der Waals surface area contributed by atoms with Crippen molar-refractivity contribution in [2.45, 2.75) is 84.0 Å². The number of hydrogen-bond donors (Lipinski definition) is 2. The van der Waals surface area contributed by atoms with E-state index < -0.39 is 47.4 Å². The van der Waals surface area contributed by atoms with Gasteiger partial charge in [0.05, 0.1) is 29.5 Å². The van der Waals surface area contributed by atoms with Crippen LogP contribution in [0.2, 0.25) is 0 Å². The molecule has 0 amide bonds. The van der Waals surface area contributed by atoms with Gasteiger partial charge in [0.2, 0.25) is 0 Å². The fraction of sp³-hybridized carbons (Fsp3) is 0.692. The van der Waals surface area contributed by atoms with Crippen molar-refractivity contribution in [1.29, 1.82) is 0 Å². The van der Waals surface area contributed by atoms with Crippen LogP contribution in [0.25, 0.3) is 0 Å². The minimum Gasteiger partial charge on any atom is -0.744 e. The summed E-state index contributed by atoms with van der Waals surface area (Å²) in [7, 11) is -5.39. The van der Waals surface area contributed by atoms with Crippen LogP contribution < -0.4 is 9.47 Å². The normalized spacial score (nSPS) is 11.4. The average molecular weight is 565 g/mol. The van der Waals surface area contributed by atoms with Crippen molar-refractivity contribution >= 4 is 29.3 Å². The molecular formula is C26H45O9PS. The molecule has 0 atom stereocenters. The molecule has 0 radical (unpaired) electrons. The Bertz CT molecular complexity index is 830. The van der Waals surface area contributed by atoms with Crippen LogP contribution in [0.3, 0.4) is 0 Å². The molecule has 1 rings (SSSR count). The summed E-state index contributed by atoms with van der Waals surface area (Å²) in [4.78, 5) is 20.0. The molecule has 9 nitrogen and oxygen atoms in total. The highest BCUT2D eigenvalue weighted by Crippen LogP contribution is 2.61. The first-order valence-electron chi connectivity index (χ1n) is 13.1. The Morgan fingerprint density at radius 2 is 1.05 bits per heavy atom. The zero-order chi connectivity index (χ0) is 28.3. The number of hydrogen-bond acceptors (Lipinski definition) is 7. The van der Waals surface area contributed by atoms with E-state index in [1.54, 1.807) is 24.6 Å². The maximum atomic E-state index is 10.9. The van der Waals surface area contributed by atoms with Gasteiger partial charge in [-0.05, 0) is 37.8 Å². The predicted molar refractivity (Wildman–Crippen MR) is 147 cm³/mol. The molecule has 0 aliphatic rings. The third kappa shape index (κ3) is 16.5. The van der Waals surface area contributed by atoms with Crippen LogP contribution in [0.15, 0.2) is 23.1 Å². The largest absolute Gasteiger partial charge is 0.744 e. The second kappa shape index (κ2) is 19.2. The SMILES string of the molecule is CCCC[P+](CCCC)(CCCC)CCCC.O=C(O)COc1cc(OCC(=O)O)cc(S(=O)(=O)[O-])c1. The summed E-state index contributed by atoms with van der Waals surface area (Å²) in [6, 6.07) is 2.71. The fourth-order valence-corrected chi connectivity index (χ4v) is 9.60. The van der Waals surface area contributed by atoms with Crippen LogP contribution in [0.5, 0.6) is 11.5 Å². The van der Waals surface area contributed by atoms with Crippen LogP contribution in [0.1, 0.15) is 79.1 Å². The van der Waals surface area contributed by atoms with E-state index in [-0.39, 0.29) is 11.5 Å². The van der Waals surface area contributed by atoms with E-state index in [1.165, 1.54) is 51.4 Å². The third-order valence-electron chi connectivity index (χ3n) is 5.81. The van der Waals surface area contributed by atoms with Crippen LogP contribution >= 0.6 is 7.26 Å². The second-order valence-corrected chi connectivity index (χ2v) is 15.0. The Kier molecular flexibility index (Phi) is 18.2. The second-order valence-electron chi connectivity index (χ2n) is 9.11. The van der Waals surface area contributed by atoms with Gasteiger partial charge in [-0.25, -0.2) is 18.0 Å². The van der Waals surface area contributed by atoms with Gasteiger partial charge in [-0.1, -0.05) is 53.4 Å². The van der Waals surface area contributed by atoms with Gasteiger partial charge in [-0.2, -0.15) is 0 Å². The molecule has 1 aromatic rings. The Morgan fingerprint density at radius 1 is 0.730 bits per heavy atom. The number of aliphatic carboxylic acids is 2. The lowest BCUT2D eigenvalue weighted by Gasteiger charge is -2.28. The Labute approximate surface area is 223 Å². The van der Waals surface area contributed by atoms with Gasteiger partial charge in [0.1, 0.15) is 21.6 Å². The van der Waals surface area contributed by atoms with E-state index in [0.29, 0.717) is 0 Å². The molecule has 0 heterocycles. The van der Waals surface area contributed by atoms with Crippen LogP contribution in [0, 0.1) is 0 Å². The molecule has 214 valence electrons. The van der Waals surface area contributed by atoms with Crippen molar-refractivity contribution in [3.63, 3.8) is 0 Å². The van der Waals surface area contributed by atoms with E-state index in [2.05, 4.69) is 27.7 Å².